The molecule has 0 aliphatic heterocycles. The number of sulfone groups is 1. The van der Waals surface area contributed by atoms with Gasteiger partial charge in [-0.3, -0.25) is 9.38 Å². The average molecular weight is 463 g/mol. The van der Waals surface area contributed by atoms with E-state index in [-0.39, 0.29) is 22.5 Å². The van der Waals surface area contributed by atoms with Crippen molar-refractivity contribution in [3.8, 4) is 5.82 Å². The number of hydrogen-bond acceptors (Lipinski definition) is 5. The molecule has 4 aromatic heterocycles. The van der Waals surface area contributed by atoms with Crippen molar-refractivity contribution in [3.05, 3.63) is 47.9 Å². The fourth-order valence-corrected chi connectivity index (χ4v) is 4.07. The van der Waals surface area contributed by atoms with E-state index in [1.807, 2.05) is 0 Å². The molecule has 0 radical (unpaired) electrons. The second kappa shape index (κ2) is 6.67. The molecule has 4 rings (SSSR count). The van der Waals surface area contributed by atoms with E-state index in [9.17, 15) is 34.8 Å². The predicted octanol–water partition coefficient (Wildman–Crippen LogP) is 3.90. The van der Waals surface area contributed by atoms with Crippen molar-refractivity contribution in [2.75, 3.05) is 5.75 Å². The van der Waals surface area contributed by atoms with Gasteiger partial charge in [0.25, 0.3) is 0 Å². The molecule has 0 aliphatic rings. The number of halogens is 6. The third-order valence-corrected chi connectivity index (χ3v) is 6.20. The highest BCUT2D eigenvalue weighted by Gasteiger charge is 2.34. The molecule has 4 aromatic rings. The van der Waals surface area contributed by atoms with E-state index < -0.39 is 44.1 Å². The molecule has 7 nitrogen and oxygen atoms in total. The van der Waals surface area contributed by atoms with Crippen LogP contribution in [0.4, 0.5) is 26.3 Å². The number of nitrogens with zero attached hydrogens (tertiary/aromatic N) is 5. The van der Waals surface area contributed by atoms with Crippen molar-refractivity contribution in [1.29, 1.82) is 0 Å². The Bertz CT molecular complexity index is 1420. The fourth-order valence-electron chi connectivity index (χ4n) is 2.93. The lowest BCUT2D eigenvalue weighted by Crippen LogP contribution is -2.12. The highest BCUT2D eigenvalue weighted by molar-refractivity contribution is 7.91. The summed E-state index contributed by atoms with van der Waals surface area (Å²) in [6.07, 6.45) is -6.69. The molecule has 0 N–H and O–H groups in total. The van der Waals surface area contributed by atoms with Gasteiger partial charge in [-0.2, -0.15) is 31.4 Å². The lowest BCUT2D eigenvalue weighted by molar-refractivity contribution is -0.138. The van der Waals surface area contributed by atoms with E-state index in [4.69, 9.17) is 0 Å². The number of imidazole rings is 1. The van der Waals surface area contributed by atoms with Crippen molar-refractivity contribution in [3.63, 3.8) is 0 Å². The van der Waals surface area contributed by atoms with Gasteiger partial charge in [0.1, 0.15) is 16.7 Å². The van der Waals surface area contributed by atoms with Gasteiger partial charge in [0.2, 0.25) is 0 Å². The van der Waals surface area contributed by atoms with Crippen LogP contribution in [0.5, 0.6) is 0 Å². The van der Waals surface area contributed by atoms with Crippen LogP contribution in [0.1, 0.15) is 18.1 Å². The predicted molar refractivity (Wildman–Crippen MR) is 95.3 cm³/mol. The molecule has 0 spiro atoms. The molecule has 0 aromatic carbocycles. The molecule has 14 heteroatoms. The van der Waals surface area contributed by atoms with Gasteiger partial charge in [0, 0.05) is 12.4 Å². The smallest absolute Gasteiger partial charge is 0.289 e. The number of pyridine rings is 2. The molecule has 0 aliphatic carbocycles. The maximum Gasteiger partial charge on any atom is 0.417 e. The van der Waals surface area contributed by atoms with Gasteiger partial charge in [-0.15, -0.1) is 0 Å². The number of hydrogen-bond donors (Lipinski definition) is 0. The summed E-state index contributed by atoms with van der Waals surface area (Å²) in [5.41, 5.74) is -2.60. The van der Waals surface area contributed by atoms with E-state index in [0.717, 1.165) is 27.5 Å². The summed E-state index contributed by atoms with van der Waals surface area (Å²) in [4.78, 5) is 7.64. The number of rotatable bonds is 3. The Hall–Kier alpha value is -3.16. The molecule has 0 atom stereocenters. The van der Waals surface area contributed by atoms with Crippen LogP contribution in [0, 0.1) is 0 Å². The first-order valence-electron chi connectivity index (χ1n) is 8.56. The maximum atomic E-state index is 13.0. The molecule has 0 bridgehead atoms. The quantitative estimate of drug-likeness (QED) is 0.431. The van der Waals surface area contributed by atoms with Crippen LogP contribution < -0.4 is 0 Å². The summed E-state index contributed by atoms with van der Waals surface area (Å²) >= 11 is 0. The van der Waals surface area contributed by atoms with Crippen LogP contribution in [0.2, 0.25) is 0 Å². The van der Waals surface area contributed by atoms with Crippen molar-refractivity contribution in [1.82, 2.24) is 24.1 Å². The monoisotopic (exact) mass is 463 g/mol. The summed E-state index contributed by atoms with van der Waals surface area (Å²) in [7, 11) is -4.02. The zero-order valence-electron chi connectivity index (χ0n) is 15.4. The first-order chi connectivity index (χ1) is 14.3. The van der Waals surface area contributed by atoms with Gasteiger partial charge in [0.15, 0.2) is 20.7 Å². The third kappa shape index (κ3) is 3.60. The molecule has 0 unspecified atom stereocenters. The minimum Gasteiger partial charge on any atom is -0.289 e. The molecule has 4 heterocycles. The summed E-state index contributed by atoms with van der Waals surface area (Å²) in [5.74, 6) is -0.751. The summed E-state index contributed by atoms with van der Waals surface area (Å²) in [6, 6.07) is 2.09. The van der Waals surface area contributed by atoms with Gasteiger partial charge in [-0.1, -0.05) is 6.92 Å². The van der Waals surface area contributed by atoms with Crippen molar-refractivity contribution >= 4 is 26.5 Å². The summed E-state index contributed by atoms with van der Waals surface area (Å²) in [5, 5.41) is 3.48. The molecule has 31 heavy (non-hydrogen) atoms. The fraction of sp³-hybridized carbons (Fsp3) is 0.235. The van der Waals surface area contributed by atoms with Gasteiger partial charge in [-0.05, 0) is 18.2 Å². The highest BCUT2D eigenvalue weighted by Crippen LogP contribution is 2.33. The lowest BCUT2D eigenvalue weighted by atomic mass is 10.2. The minimum absolute atomic E-state index is 0.0147. The minimum atomic E-state index is -4.68. The highest BCUT2D eigenvalue weighted by atomic mass is 32.2. The number of alkyl halides is 6. The Morgan fingerprint density at radius 2 is 1.68 bits per heavy atom. The van der Waals surface area contributed by atoms with Gasteiger partial charge in [0.05, 0.1) is 23.1 Å². The van der Waals surface area contributed by atoms with Crippen LogP contribution in [0.15, 0.2) is 41.8 Å². The number of aromatic nitrogens is 5. The Morgan fingerprint density at radius 1 is 1.00 bits per heavy atom. The second-order valence-electron chi connectivity index (χ2n) is 6.49. The largest absolute Gasteiger partial charge is 0.417 e. The van der Waals surface area contributed by atoms with Crippen molar-refractivity contribution in [2.24, 2.45) is 0 Å². The molecule has 0 saturated carbocycles. The average Bonchev–Trinajstić information content (AvgIpc) is 3.26. The molecular formula is C17H11F6N5O2S. The topological polar surface area (TPSA) is 82.1 Å². The van der Waals surface area contributed by atoms with E-state index in [2.05, 4.69) is 15.1 Å². The molecule has 0 amide bonds. The SMILES string of the molecule is CCS(=O)(=O)c1c(-n2cc3ncc(C(F)(F)F)cc3n2)nc2cc(C(F)(F)F)ccn12. The van der Waals surface area contributed by atoms with E-state index in [1.165, 1.54) is 6.92 Å². The molecular weight excluding hydrogens is 452 g/mol. The first kappa shape index (κ1) is 21.1. The summed E-state index contributed by atoms with van der Waals surface area (Å²) in [6.45, 7) is 1.33. The Labute approximate surface area is 169 Å². The zero-order chi connectivity index (χ0) is 22.8. The van der Waals surface area contributed by atoms with Crippen LogP contribution in [0.25, 0.3) is 22.5 Å². The van der Waals surface area contributed by atoms with Crippen LogP contribution in [-0.2, 0) is 22.2 Å². The normalized spacial score (nSPS) is 13.4. The molecule has 0 saturated heterocycles. The zero-order valence-corrected chi connectivity index (χ0v) is 16.2. The van der Waals surface area contributed by atoms with Gasteiger partial charge < -0.3 is 0 Å². The standard InChI is InChI=1S/C17H11F6N5O2S/c1-2-31(29,30)15-14(25-13-6-9(16(18,19)20)3-4-27(13)15)28-8-12-11(26-28)5-10(7-24-12)17(21,22)23/h3-8H,2H2,1H3. The Kier molecular flexibility index (Phi) is 4.54. The lowest BCUT2D eigenvalue weighted by Gasteiger charge is -2.07. The Balaban J connectivity index is 1.99. The molecule has 164 valence electrons. The van der Waals surface area contributed by atoms with E-state index in [0.29, 0.717) is 18.3 Å². The molecule has 0 fully saturated rings. The van der Waals surface area contributed by atoms with Gasteiger partial charge in [-0.25, -0.2) is 18.1 Å². The van der Waals surface area contributed by atoms with E-state index in [1.54, 1.807) is 0 Å². The first-order valence-corrected chi connectivity index (χ1v) is 10.2. The maximum absolute atomic E-state index is 13.0. The third-order valence-electron chi connectivity index (χ3n) is 4.47. The van der Waals surface area contributed by atoms with Crippen LogP contribution in [0.3, 0.4) is 0 Å². The van der Waals surface area contributed by atoms with Gasteiger partial charge >= 0.3 is 12.4 Å². The van der Waals surface area contributed by atoms with Crippen molar-refractivity contribution in [2.45, 2.75) is 24.3 Å². The van der Waals surface area contributed by atoms with Crippen LogP contribution >= 0.6 is 0 Å². The van der Waals surface area contributed by atoms with Crippen molar-refractivity contribution < 1.29 is 34.8 Å². The van der Waals surface area contributed by atoms with E-state index >= 15 is 0 Å². The number of fused-ring (bicyclic) bond motifs is 2. The Morgan fingerprint density at radius 3 is 2.29 bits per heavy atom. The second-order valence-corrected chi connectivity index (χ2v) is 8.68. The van der Waals surface area contributed by atoms with Crippen LogP contribution in [-0.4, -0.2) is 38.3 Å². The summed E-state index contributed by atoms with van der Waals surface area (Å²) < 4.78 is 105.